The molecule has 0 saturated carbocycles. The number of piperidine rings is 1. The Morgan fingerprint density at radius 3 is 3.05 bits per heavy atom. The van der Waals surface area contributed by atoms with E-state index in [1.807, 2.05) is 0 Å². The number of hydrogen-bond acceptors (Lipinski definition) is 4. The van der Waals surface area contributed by atoms with Crippen LogP contribution in [0.2, 0.25) is 0 Å². The smallest absolute Gasteiger partial charge is 0.354 e. The maximum absolute atomic E-state index is 12.0. The topological polar surface area (TPSA) is 82.5 Å². The molecule has 1 aromatic rings. The molecule has 1 unspecified atom stereocenters. The highest BCUT2D eigenvalue weighted by Crippen LogP contribution is 2.14. The third kappa shape index (κ3) is 3.77. The number of hydrogen-bond donors (Lipinski definition) is 2. The zero-order valence-electron chi connectivity index (χ0n) is 11.5. The van der Waals surface area contributed by atoms with Crippen molar-refractivity contribution in [1.82, 2.24) is 15.2 Å². The first-order valence-corrected chi connectivity index (χ1v) is 6.72. The van der Waals surface area contributed by atoms with Gasteiger partial charge >= 0.3 is 5.97 Å². The maximum Gasteiger partial charge on any atom is 0.354 e. The van der Waals surface area contributed by atoms with Crippen molar-refractivity contribution < 1.29 is 14.7 Å². The minimum absolute atomic E-state index is 0.116. The second-order valence-corrected chi connectivity index (χ2v) is 5.22. The molecule has 1 atom stereocenters. The second-order valence-electron chi connectivity index (χ2n) is 5.22. The summed E-state index contributed by atoms with van der Waals surface area (Å²) < 4.78 is 0. The van der Waals surface area contributed by atoms with E-state index in [2.05, 4.69) is 22.2 Å². The third-order valence-electron chi connectivity index (χ3n) is 3.51. The molecule has 1 aliphatic rings. The zero-order valence-corrected chi connectivity index (χ0v) is 11.5. The van der Waals surface area contributed by atoms with Crippen LogP contribution < -0.4 is 5.32 Å². The van der Waals surface area contributed by atoms with Gasteiger partial charge in [-0.3, -0.25) is 4.79 Å². The number of aromatic nitrogens is 1. The van der Waals surface area contributed by atoms with Crippen molar-refractivity contribution in [2.75, 3.05) is 26.7 Å². The molecular formula is C14H19N3O3. The van der Waals surface area contributed by atoms with Crippen LogP contribution in [0, 0.1) is 5.92 Å². The Bertz CT molecular complexity index is 504. The van der Waals surface area contributed by atoms with Crippen LogP contribution in [0.1, 0.15) is 33.7 Å². The standard InChI is InChI=1S/C14H19N3O3/c1-17-6-2-3-10(9-17)8-16-13(18)11-4-5-15-12(7-11)14(19)20/h4-5,7,10H,2-3,6,8-9H2,1H3,(H,16,18)(H,19,20). The fourth-order valence-corrected chi connectivity index (χ4v) is 2.47. The van der Waals surface area contributed by atoms with Crippen molar-refractivity contribution in [2.24, 2.45) is 5.92 Å². The molecule has 0 aliphatic carbocycles. The van der Waals surface area contributed by atoms with Gasteiger partial charge in [0.2, 0.25) is 0 Å². The fraction of sp³-hybridized carbons (Fsp3) is 0.500. The third-order valence-corrected chi connectivity index (χ3v) is 3.51. The van der Waals surface area contributed by atoms with Gasteiger partial charge in [0.15, 0.2) is 0 Å². The number of rotatable bonds is 4. The molecular weight excluding hydrogens is 258 g/mol. The molecule has 20 heavy (non-hydrogen) atoms. The first kappa shape index (κ1) is 14.5. The van der Waals surface area contributed by atoms with E-state index in [0.29, 0.717) is 18.0 Å². The van der Waals surface area contributed by atoms with E-state index in [-0.39, 0.29) is 11.6 Å². The summed E-state index contributed by atoms with van der Waals surface area (Å²) in [6.45, 7) is 2.71. The number of carbonyl (C=O) groups excluding carboxylic acids is 1. The van der Waals surface area contributed by atoms with Gasteiger partial charge in [0.25, 0.3) is 5.91 Å². The van der Waals surface area contributed by atoms with E-state index < -0.39 is 5.97 Å². The minimum Gasteiger partial charge on any atom is -0.477 e. The number of pyridine rings is 1. The Hall–Kier alpha value is -1.95. The van der Waals surface area contributed by atoms with Crippen LogP contribution in [-0.4, -0.2) is 53.5 Å². The van der Waals surface area contributed by atoms with Gasteiger partial charge in [0.1, 0.15) is 5.69 Å². The average Bonchev–Trinajstić information content (AvgIpc) is 2.45. The maximum atomic E-state index is 12.0. The average molecular weight is 277 g/mol. The van der Waals surface area contributed by atoms with Crippen molar-refractivity contribution >= 4 is 11.9 Å². The molecule has 2 rings (SSSR count). The monoisotopic (exact) mass is 277 g/mol. The summed E-state index contributed by atoms with van der Waals surface area (Å²) in [5.41, 5.74) is 0.219. The number of carboxylic acids is 1. The summed E-state index contributed by atoms with van der Waals surface area (Å²) in [7, 11) is 2.08. The lowest BCUT2D eigenvalue weighted by Crippen LogP contribution is -2.39. The number of nitrogens with one attached hydrogen (secondary N) is 1. The molecule has 1 fully saturated rings. The molecule has 108 valence electrons. The Morgan fingerprint density at radius 2 is 2.35 bits per heavy atom. The predicted octanol–water partition coefficient (Wildman–Crippen LogP) is 0.851. The predicted molar refractivity (Wildman–Crippen MR) is 73.8 cm³/mol. The number of aromatic carboxylic acids is 1. The molecule has 2 heterocycles. The molecule has 0 aromatic carbocycles. The van der Waals surface area contributed by atoms with Gasteiger partial charge in [-0.15, -0.1) is 0 Å². The van der Waals surface area contributed by atoms with Crippen molar-refractivity contribution in [2.45, 2.75) is 12.8 Å². The van der Waals surface area contributed by atoms with E-state index in [1.165, 1.54) is 18.3 Å². The Labute approximate surface area is 117 Å². The van der Waals surface area contributed by atoms with Gasteiger partial charge in [0, 0.05) is 24.8 Å². The van der Waals surface area contributed by atoms with Gasteiger partial charge in [-0.25, -0.2) is 9.78 Å². The van der Waals surface area contributed by atoms with Crippen molar-refractivity contribution in [3.8, 4) is 0 Å². The summed E-state index contributed by atoms with van der Waals surface area (Å²) in [4.78, 5) is 28.8. The van der Waals surface area contributed by atoms with Gasteiger partial charge in [-0.05, 0) is 44.5 Å². The normalized spacial score (nSPS) is 19.6. The molecule has 6 heteroatoms. The summed E-state index contributed by atoms with van der Waals surface area (Å²) >= 11 is 0. The number of amides is 1. The van der Waals surface area contributed by atoms with E-state index in [1.54, 1.807) is 0 Å². The lowest BCUT2D eigenvalue weighted by atomic mass is 9.98. The van der Waals surface area contributed by atoms with Crippen molar-refractivity contribution in [3.05, 3.63) is 29.6 Å². The minimum atomic E-state index is -1.13. The summed E-state index contributed by atoms with van der Waals surface area (Å²) in [6, 6.07) is 2.82. The van der Waals surface area contributed by atoms with E-state index in [0.717, 1.165) is 25.9 Å². The largest absolute Gasteiger partial charge is 0.477 e. The summed E-state index contributed by atoms with van der Waals surface area (Å²) in [5.74, 6) is -0.921. The summed E-state index contributed by atoms with van der Waals surface area (Å²) in [6.07, 6.45) is 3.60. The first-order valence-electron chi connectivity index (χ1n) is 6.72. The van der Waals surface area contributed by atoms with Crippen LogP contribution in [0.4, 0.5) is 0 Å². The van der Waals surface area contributed by atoms with Gasteiger partial charge in [-0.2, -0.15) is 0 Å². The SMILES string of the molecule is CN1CCCC(CNC(=O)c2ccnc(C(=O)O)c2)C1. The highest BCUT2D eigenvalue weighted by molar-refractivity contribution is 5.96. The Balaban J connectivity index is 1.91. The van der Waals surface area contributed by atoms with Gasteiger partial charge in [-0.1, -0.05) is 0 Å². The van der Waals surface area contributed by atoms with Gasteiger partial charge < -0.3 is 15.3 Å². The highest BCUT2D eigenvalue weighted by Gasteiger charge is 2.18. The van der Waals surface area contributed by atoms with Crippen LogP contribution >= 0.6 is 0 Å². The van der Waals surface area contributed by atoms with E-state index in [9.17, 15) is 9.59 Å². The lowest BCUT2D eigenvalue weighted by molar-refractivity contribution is 0.0690. The van der Waals surface area contributed by atoms with E-state index in [4.69, 9.17) is 5.11 Å². The molecule has 1 saturated heterocycles. The Morgan fingerprint density at radius 1 is 1.55 bits per heavy atom. The highest BCUT2D eigenvalue weighted by atomic mass is 16.4. The number of likely N-dealkylation sites (tertiary alicyclic amines) is 1. The molecule has 1 aliphatic heterocycles. The van der Waals surface area contributed by atoms with Crippen molar-refractivity contribution in [3.63, 3.8) is 0 Å². The van der Waals surface area contributed by atoms with Crippen LogP contribution in [-0.2, 0) is 0 Å². The molecule has 6 nitrogen and oxygen atoms in total. The molecule has 0 radical (unpaired) electrons. The van der Waals surface area contributed by atoms with Crippen LogP contribution in [0.25, 0.3) is 0 Å². The zero-order chi connectivity index (χ0) is 14.5. The molecule has 0 bridgehead atoms. The fourth-order valence-electron chi connectivity index (χ4n) is 2.47. The number of nitrogens with zero attached hydrogens (tertiary/aromatic N) is 2. The Kier molecular flexibility index (Phi) is 4.68. The lowest BCUT2D eigenvalue weighted by Gasteiger charge is -2.29. The van der Waals surface area contributed by atoms with Crippen LogP contribution in [0.5, 0.6) is 0 Å². The van der Waals surface area contributed by atoms with Gasteiger partial charge in [0.05, 0.1) is 0 Å². The second kappa shape index (κ2) is 6.47. The molecule has 1 amide bonds. The summed E-state index contributed by atoms with van der Waals surface area (Å²) in [5, 5.41) is 11.7. The van der Waals surface area contributed by atoms with Crippen LogP contribution in [0.15, 0.2) is 18.3 Å². The first-order chi connectivity index (χ1) is 9.56. The number of carboxylic acid groups (broad SMARTS) is 1. The van der Waals surface area contributed by atoms with Crippen LogP contribution in [0.3, 0.4) is 0 Å². The molecule has 1 aromatic heterocycles. The molecule has 2 N–H and O–H groups in total. The quantitative estimate of drug-likeness (QED) is 0.852. The number of carbonyl (C=O) groups is 2. The van der Waals surface area contributed by atoms with E-state index >= 15 is 0 Å². The van der Waals surface area contributed by atoms with Crippen molar-refractivity contribution in [1.29, 1.82) is 0 Å². The molecule has 0 spiro atoms.